The monoisotopic (exact) mass is 328 g/mol. The van der Waals surface area contributed by atoms with E-state index < -0.39 is 0 Å². The van der Waals surface area contributed by atoms with E-state index in [2.05, 4.69) is 54.3 Å². The standard InChI is InChI=1S/C19H28N4O/c1-13-14(2)21-18-6-5-15(9-17(13)18)10-20-19(24)23(4)12-16-7-8-22(3)11-16/h5-6,9,16,21H,7-8,10-12H2,1-4H3,(H,20,24)/t16-/m0/s1. The van der Waals surface area contributed by atoms with Gasteiger partial charge in [-0.25, -0.2) is 4.79 Å². The number of aryl methyl sites for hydroxylation is 2. The fraction of sp³-hybridized carbons (Fsp3) is 0.526. The summed E-state index contributed by atoms with van der Waals surface area (Å²) in [6.07, 6.45) is 1.18. The lowest BCUT2D eigenvalue weighted by molar-refractivity contribution is 0.200. The van der Waals surface area contributed by atoms with Crippen molar-refractivity contribution in [3.8, 4) is 0 Å². The van der Waals surface area contributed by atoms with Gasteiger partial charge in [0.25, 0.3) is 0 Å². The number of fused-ring (bicyclic) bond motifs is 1. The number of hydrogen-bond acceptors (Lipinski definition) is 2. The molecule has 2 N–H and O–H groups in total. The number of hydrogen-bond donors (Lipinski definition) is 2. The first kappa shape index (κ1) is 16.8. The van der Waals surface area contributed by atoms with Crippen LogP contribution in [0, 0.1) is 19.8 Å². The quantitative estimate of drug-likeness (QED) is 0.907. The topological polar surface area (TPSA) is 51.4 Å². The molecule has 130 valence electrons. The summed E-state index contributed by atoms with van der Waals surface area (Å²) < 4.78 is 0. The Hall–Kier alpha value is -2.01. The molecule has 0 aliphatic carbocycles. The molecule has 0 unspecified atom stereocenters. The zero-order valence-electron chi connectivity index (χ0n) is 15.1. The maximum atomic E-state index is 12.3. The number of nitrogens with zero attached hydrogens (tertiary/aromatic N) is 2. The van der Waals surface area contributed by atoms with Gasteiger partial charge in [0.1, 0.15) is 0 Å². The minimum atomic E-state index is 0.00613. The van der Waals surface area contributed by atoms with Crippen LogP contribution in [0.1, 0.15) is 23.2 Å². The minimum absolute atomic E-state index is 0.00613. The Bertz CT molecular complexity index is 736. The normalized spacial score (nSPS) is 18.2. The number of carbonyl (C=O) groups is 1. The van der Waals surface area contributed by atoms with Crippen LogP contribution < -0.4 is 5.32 Å². The Balaban J connectivity index is 1.56. The van der Waals surface area contributed by atoms with Gasteiger partial charge in [-0.1, -0.05) is 6.07 Å². The molecule has 5 nitrogen and oxygen atoms in total. The van der Waals surface area contributed by atoms with Crippen molar-refractivity contribution in [2.45, 2.75) is 26.8 Å². The molecule has 1 saturated heterocycles. The maximum absolute atomic E-state index is 12.3. The summed E-state index contributed by atoms with van der Waals surface area (Å²) in [5.41, 5.74) is 4.77. The van der Waals surface area contributed by atoms with Gasteiger partial charge in [-0.2, -0.15) is 0 Å². The molecule has 0 spiro atoms. The molecule has 0 radical (unpaired) electrons. The molecule has 1 aromatic carbocycles. The van der Waals surface area contributed by atoms with Crippen molar-refractivity contribution in [3.05, 3.63) is 35.0 Å². The molecule has 0 saturated carbocycles. The highest BCUT2D eigenvalue weighted by atomic mass is 16.2. The van der Waals surface area contributed by atoms with Gasteiger partial charge < -0.3 is 20.1 Å². The molecule has 1 aromatic heterocycles. The van der Waals surface area contributed by atoms with Crippen LogP contribution >= 0.6 is 0 Å². The molecule has 24 heavy (non-hydrogen) atoms. The molecule has 1 aliphatic rings. The summed E-state index contributed by atoms with van der Waals surface area (Å²) in [6.45, 7) is 7.82. The predicted molar refractivity (Wildman–Crippen MR) is 98.2 cm³/mol. The lowest BCUT2D eigenvalue weighted by Crippen LogP contribution is -2.40. The minimum Gasteiger partial charge on any atom is -0.358 e. The molecule has 1 aliphatic heterocycles. The number of urea groups is 1. The van der Waals surface area contributed by atoms with Gasteiger partial charge in [-0.15, -0.1) is 0 Å². The van der Waals surface area contributed by atoms with Crippen molar-refractivity contribution < 1.29 is 4.79 Å². The van der Waals surface area contributed by atoms with Crippen LogP contribution in [0.4, 0.5) is 4.79 Å². The molecule has 5 heteroatoms. The van der Waals surface area contributed by atoms with Gasteiger partial charge in [0.05, 0.1) is 0 Å². The van der Waals surface area contributed by atoms with Gasteiger partial charge in [-0.3, -0.25) is 0 Å². The van der Waals surface area contributed by atoms with E-state index in [0.717, 1.165) is 30.7 Å². The number of benzene rings is 1. The smallest absolute Gasteiger partial charge is 0.317 e. The summed E-state index contributed by atoms with van der Waals surface area (Å²) in [6, 6.07) is 6.34. The molecule has 2 amide bonds. The fourth-order valence-corrected chi connectivity index (χ4v) is 3.58. The Morgan fingerprint density at radius 3 is 2.92 bits per heavy atom. The predicted octanol–water partition coefficient (Wildman–Crippen LogP) is 2.88. The number of rotatable bonds is 4. The van der Waals surface area contributed by atoms with Crippen molar-refractivity contribution in [2.75, 3.05) is 33.7 Å². The first-order chi connectivity index (χ1) is 11.4. The van der Waals surface area contributed by atoms with Crippen LogP contribution in [-0.4, -0.2) is 54.5 Å². The van der Waals surface area contributed by atoms with E-state index in [1.54, 1.807) is 0 Å². The average molecular weight is 328 g/mol. The SMILES string of the molecule is Cc1[nH]c2ccc(CNC(=O)N(C)C[C@H]3CCN(C)C3)cc2c1C. The second-order valence-electron chi connectivity index (χ2n) is 7.21. The van der Waals surface area contributed by atoms with Crippen molar-refractivity contribution >= 4 is 16.9 Å². The zero-order chi connectivity index (χ0) is 17.3. The number of aromatic nitrogens is 1. The number of nitrogens with one attached hydrogen (secondary N) is 2. The largest absolute Gasteiger partial charge is 0.358 e. The summed E-state index contributed by atoms with van der Waals surface area (Å²) in [5, 5.41) is 4.28. The fourth-order valence-electron chi connectivity index (χ4n) is 3.58. The van der Waals surface area contributed by atoms with Crippen molar-refractivity contribution in [1.29, 1.82) is 0 Å². The van der Waals surface area contributed by atoms with Gasteiger partial charge in [0.2, 0.25) is 0 Å². The van der Waals surface area contributed by atoms with Crippen LogP contribution in [0.2, 0.25) is 0 Å². The summed E-state index contributed by atoms with van der Waals surface area (Å²) in [4.78, 5) is 19.8. The van der Waals surface area contributed by atoms with Crippen LogP contribution in [0.3, 0.4) is 0 Å². The molecule has 2 aromatic rings. The highest BCUT2D eigenvalue weighted by Crippen LogP contribution is 2.22. The van der Waals surface area contributed by atoms with Crippen LogP contribution in [0.15, 0.2) is 18.2 Å². The second-order valence-corrected chi connectivity index (χ2v) is 7.21. The number of carbonyl (C=O) groups excluding carboxylic acids is 1. The third kappa shape index (κ3) is 3.56. The van der Waals surface area contributed by atoms with E-state index in [1.807, 2.05) is 11.9 Å². The lowest BCUT2D eigenvalue weighted by atomic mass is 10.1. The van der Waals surface area contributed by atoms with Crippen LogP contribution in [0.5, 0.6) is 0 Å². The molecule has 3 rings (SSSR count). The van der Waals surface area contributed by atoms with Gasteiger partial charge in [0.15, 0.2) is 0 Å². The number of amides is 2. The highest BCUT2D eigenvalue weighted by Gasteiger charge is 2.22. The molecular weight excluding hydrogens is 300 g/mol. The van der Waals surface area contributed by atoms with E-state index in [9.17, 15) is 4.79 Å². The van der Waals surface area contributed by atoms with E-state index in [4.69, 9.17) is 0 Å². The molecule has 1 atom stereocenters. The molecule has 2 heterocycles. The van der Waals surface area contributed by atoms with E-state index >= 15 is 0 Å². The first-order valence-corrected chi connectivity index (χ1v) is 8.69. The number of H-pyrrole nitrogens is 1. The second kappa shape index (κ2) is 6.85. The van der Waals surface area contributed by atoms with E-state index in [1.165, 1.54) is 23.1 Å². The average Bonchev–Trinajstić information content (AvgIpc) is 3.09. The van der Waals surface area contributed by atoms with E-state index in [0.29, 0.717) is 12.5 Å². The summed E-state index contributed by atoms with van der Waals surface area (Å²) >= 11 is 0. The van der Waals surface area contributed by atoms with Crippen LogP contribution in [0.25, 0.3) is 10.9 Å². The number of likely N-dealkylation sites (tertiary alicyclic amines) is 1. The maximum Gasteiger partial charge on any atom is 0.317 e. The Morgan fingerprint density at radius 1 is 1.42 bits per heavy atom. The van der Waals surface area contributed by atoms with Crippen molar-refractivity contribution in [3.63, 3.8) is 0 Å². The Kier molecular flexibility index (Phi) is 4.81. The Morgan fingerprint density at radius 2 is 2.21 bits per heavy atom. The third-order valence-corrected chi connectivity index (χ3v) is 5.18. The van der Waals surface area contributed by atoms with E-state index in [-0.39, 0.29) is 6.03 Å². The Labute approximate surface area is 144 Å². The molecule has 1 fully saturated rings. The van der Waals surface area contributed by atoms with Crippen LogP contribution in [-0.2, 0) is 6.54 Å². The third-order valence-electron chi connectivity index (χ3n) is 5.18. The number of aromatic amines is 1. The van der Waals surface area contributed by atoms with Gasteiger partial charge in [0, 0.05) is 43.3 Å². The zero-order valence-corrected chi connectivity index (χ0v) is 15.1. The lowest BCUT2D eigenvalue weighted by Gasteiger charge is -2.21. The van der Waals surface area contributed by atoms with Gasteiger partial charge >= 0.3 is 6.03 Å². The first-order valence-electron chi connectivity index (χ1n) is 8.69. The van der Waals surface area contributed by atoms with Crippen molar-refractivity contribution in [1.82, 2.24) is 20.1 Å². The summed E-state index contributed by atoms with van der Waals surface area (Å²) in [7, 11) is 4.03. The summed E-state index contributed by atoms with van der Waals surface area (Å²) in [5.74, 6) is 0.590. The molecular formula is C19H28N4O. The van der Waals surface area contributed by atoms with Crippen molar-refractivity contribution in [2.24, 2.45) is 5.92 Å². The highest BCUT2D eigenvalue weighted by molar-refractivity contribution is 5.85. The molecule has 0 bridgehead atoms. The van der Waals surface area contributed by atoms with Gasteiger partial charge in [-0.05, 0) is 63.0 Å².